The van der Waals surface area contributed by atoms with Crippen molar-refractivity contribution in [2.75, 3.05) is 25.4 Å². The summed E-state index contributed by atoms with van der Waals surface area (Å²) in [6, 6.07) is 10.7. The molecule has 0 amide bonds. The summed E-state index contributed by atoms with van der Waals surface area (Å²) in [5.74, 6) is 1.11. The van der Waals surface area contributed by atoms with Gasteiger partial charge in [-0.15, -0.1) is 11.8 Å². The minimum Gasteiger partial charge on any atom is -0.303 e. The van der Waals surface area contributed by atoms with Gasteiger partial charge in [-0.25, -0.2) is 4.98 Å². The van der Waals surface area contributed by atoms with E-state index in [4.69, 9.17) is 4.98 Å². The average Bonchev–Trinajstić information content (AvgIpc) is 2.50. The lowest BCUT2D eigenvalue weighted by Gasteiger charge is -2.17. The van der Waals surface area contributed by atoms with Gasteiger partial charge in [-0.3, -0.25) is 0 Å². The SMILES string of the molecule is CCc1cc2ccccc2nc1SCCN(CC)CC. The second-order valence-electron chi connectivity index (χ2n) is 4.87. The molecule has 108 valence electrons. The highest BCUT2D eigenvalue weighted by Crippen LogP contribution is 2.25. The van der Waals surface area contributed by atoms with E-state index in [9.17, 15) is 0 Å². The molecule has 1 heterocycles. The Balaban J connectivity index is 2.12. The fourth-order valence-corrected chi connectivity index (χ4v) is 3.43. The van der Waals surface area contributed by atoms with Gasteiger partial charge in [0.25, 0.3) is 0 Å². The Bertz CT molecular complexity index is 550. The lowest BCUT2D eigenvalue weighted by molar-refractivity contribution is 0.324. The first-order valence-corrected chi connectivity index (χ1v) is 8.50. The van der Waals surface area contributed by atoms with Crippen LogP contribution in [0.4, 0.5) is 0 Å². The summed E-state index contributed by atoms with van der Waals surface area (Å²) in [6.45, 7) is 10.0. The summed E-state index contributed by atoms with van der Waals surface area (Å²) >= 11 is 1.89. The number of thioether (sulfide) groups is 1. The zero-order valence-corrected chi connectivity index (χ0v) is 13.5. The maximum absolute atomic E-state index is 4.84. The van der Waals surface area contributed by atoms with E-state index in [1.807, 2.05) is 11.8 Å². The fraction of sp³-hybridized carbons (Fsp3) is 0.471. The van der Waals surface area contributed by atoms with Crippen molar-refractivity contribution in [1.29, 1.82) is 0 Å². The third-order valence-electron chi connectivity index (χ3n) is 3.68. The van der Waals surface area contributed by atoms with Gasteiger partial charge in [0.15, 0.2) is 0 Å². The molecule has 2 aromatic rings. The Kier molecular flexibility index (Phi) is 5.86. The van der Waals surface area contributed by atoms with E-state index in [0.717, 1.165) is 37.3 Å². The molecule has 1 aromatic heterocycles. The van der Waals surface area contributed by atoms with Crippen LogP contribution in [-0.2, 0) is 6.42 Å². The van der Waals surface area contributed by atoms with Gasteiger partial charge >= 0.3 is 0 Å². The normalized spacial score (nSPS) is 11.4. The van der Waals surface area contributed by atoms with Crippen molar-refractivity contribution in [3.05, 3.63) is 35.9 Å². The number of rotatable bonds is 7. The van der Waals surface area contributed by atoms with Crippen LogP contribution in [-0.4, -0.2) is 35.3 Å². The summed E-state index contributed by atoms with van der Waals surface area (Å²) in [5, 5.41) is 2.45. The minimum atomic E-state index is 1.05. The average molecular weight is 288 g/mol. The van der Waals surface area contributed by atoms with Gasteiger partial charge in [0.1, 0.15) is 0 Å². The van der Waals surface area contributed by atoms with Crippen LogP contribution in [0.1, 0.15) is 26.3 Å². The summed E-state index contributed by atoms with van der Waals surface area (Å²) in [4.78, 5) is 7.30. The van der Waals surface area contributed by atoms with Crippen molar-refractivity contribution >= 4 is 22.7 Å². The monoisotopic (exact) mass is 288 g/mol. The van der Waals surface area contributed by atoms with E-state index < -0.39 is 0 Å². The van der Waals surface area contributed by atoms with Crippen LogP contribution in [0, 0.1) is 0 Å². The van der Waals surface area contributed by atoms with Crippen molar-refractivity contribution < 1.29 is 0 Å². The quantitative estimate of drug-likeness (QED) is 0.709. The molecule has 3 heteroatoms. The number of aromatic nitrogens is 1. The molecule has 2 rings (SSSR count). The molecule has 0 aliphatic carbocycles. The number of benzene rings is 1. The summed E-state index contributed by atoms with van der Waals surface area (Å²) in [6.07, 6.45) is 1.05. The Morgan fingerprint density at radius 3 is 2.55 bits per heavy atom. The Hall–Kier alpha value is -1.06. The first-order valence-electron chi connectivity index (χ1n) is 7.52. The third kappa shape index (κ3) is 3.74. The van der Waals surface area contributed by atoms with Gasteiger partial charge < -0.3 is 4.90 Å². The van der Waals surface area contributed by atoms with Gasteiger partial charge in [-0.1, -0.05) is 39.0 Å². The summed E-state index contributed by atoms with van der Waals surface area (Å²) in [5.41, 5.74) is 2.48. The van der Waals surface area contributed by atoms with Crippen molar-refractivity contribution in [1.82, 2.24) is 9.88 Å². The molecular weight excluding hydrogens is 264 g/mol. The van der Waals surface area contributed by atoms with Crippen LogP contribution in [0.3, 0.4) is 0 Å². The molecular formula is C17H24N2S. The molecule has 0 aliphatic heterocycles. The third-order valence-corrected chi connectivity index (χ3v) is 4.70. The number of hydrogen-bond acceptors (Lipinski definition) is 3. The Morgan fingerprint density at radius 1 is 1.10 bits per heavy atom. The molecule has 2 nitrogen and oxygen atoms in total. The molecule has 0 saturated carbocycles. The van der Waals surface area contributed by atoms with E-state index >= 15 is 0 Å². The standard InChI is InChI=1S/C17H24N2S/c1-4-14-13-15-9-7-8-10-16(15)18-17(14)20-12-11-19(5-2)6-3/h7-10,13H,4-6,11-12H2,1-3H3. The zero-order chi connectivity index (χ0) is 14.4. The lowest BCUT2D eigenvalue weighted by Crippen LogP contribution is -2.25. The predicted molar refractivity (Wildman–Crippen MR) is 89.6 cm³/mol. The topological polar surface area (TPSA) is 16.1 Å². The molecule has 0 bridgehead atoms. The maximum atomic E-state index is 4.84. The molecule has 0 radical (unpaired) electrons. The number of pyridine rings is 1. The second kappa shape index (κ2) is 7.65. The van der Waals surface area contributed by atoms with Gasteiger partial charge in [0.05, 0.1) is 10.5 Å². The molecule has 0 aliphatic rings. The number of para-hydroxylation sites is 1. The molecule has 1 aromatic carbocycles. The second-order valence-corrected chi connectivity index (χ2v) is 5.96. The van der Waals surface area contributed by atoms with Crippen molar-refractivity contribution in [3.63, 3.8) is 0 Å². The highest BCUT2D eigenvalue weighted by Gasteiger charge is 2.07. The van der Waals surface area contributed by atoms with Gasteiger partial charge in [0.2, 0.25) is 0 Å². The molecule has 0 spiro atoms. The first-order chi connectivity index (χ1) is 9.78. The number of hydrogen-bond donors (Lipinski definition) is 0. The van der Waals surface area contributed by atoms with Crippen LogP contribution in [0.5, 0.6) is 0 Å². The molecule has 0 N–H and O–H groups in total. The number of fused-ring (bicyclic) bond motifs is 1. The minimum absolute atomic E-state index is 1.05. The Morgan fingerprint density at radius 2 is 1.85 bits per heavy atom. The molecule has 0 saturated heterocycles. The zero-order valence-electron chi connectivity index (χ0n) is 12.7. The summed E-state index contributed by atoms with van der Waals surface area (Å²) in [7, 11) is 0. The number of aryl methyl sites for hydroxylation is 1. The van der Waals surface area contributed by atoms with Crippen LogP contribution in [0.25, 0.3) is 10.9 Å². The summed E-state index contributed by atoms with van der Waals surface area (Å²) < 4.78 is 0. The van der Waals surface area contributed by atoms with E-state index in [0.29, 0.717) is 0 Å². The highest BCUT2D eigenvalue weighted by molar-refractivity contribution is 7.99. The van der Waals surface area contributed by atoms with Crippen molar-refractivity contribution in [3.8, 4) is 0 Å². The smallest absolute Gasteiger partial charge is 0.0999 e. The van der Waals surface area contributed by atoms with Gasteiger partial charge in [0, 0.05) is 17.7 Å². The lowest BCUT2D eigenvalue weighted by atomic mass is 10.1. The van der Waals surface area contributed by atoms with Gasteiger partial charge in [-0.05, 0) is 37.2 Å². The Labute approximate surface area is 126 Å². The fourth-order valence-electron chi connectivity index (χ4n) is 2.33. The molecule has 20 heavy (non-hydrogen) atoms. The molecule has 0 unspecified atom stereocenters. The predicted octanol–water partition coefficient (Wildman–Crippen LogP) is 4.23. The van der Waals surface area contributed by atoms with E-state index in [1.165, 1.54) is 16.0 Å². The van der Waals surface area contributed by atoms with Gasteiger partial charge in [-0.2, -0.15) is 0 Å². The first kappa shape index (κ1) is 15.3. The largest absolute Gasteiger partial charge is 0.303 e. The van der Waals surface area contributed by atoms with Crippen LogP contribution >= 0.6 is 11.8 Å². The highest BCUT2D eigenvalue weighted by atomic mass is 32.2. The van der Waals surface area contributed by atoms with Crippen LogP contribution < -0.4 is 0 Å². The van der Waals surface area contributed by atoms with E-state index in [2.05, 4.69) is 56.0 Å². The molecule has 0 atom stereocenters. The molecule has 0 fully saturated rings. The van der Waals surface area contributed by atoms with E-state index in [1.54, 1.807) is 0 Å². The van der Waals surface area contributed by atoms with Crippen molar-refractivity contribution in [2.24, 2.45) is 0 Å². The number of nitrogens with zero attached hydrogens (tertiary/aromatic N) is 2. The van der Waals surface area contributed by atoms with E-state index in [-0.39, 0.29) is 0 Å². The maximum Gasteiger partial charge on any atom is 0.0999 e. The van der Waals surface area contributed by atoms with Crippen molar-refractivity contribution in [2.45, 2.75) is 32.2 Å². The van der Waals surface area contributed by atoms with Crippen LogP contribution in [0.2, 0.25) is 0 Å². The van der Waals surface area contributed by atoms with Crippen LogP contribution in [0.15, 0.2) is 35.4 Å².